The zero-order chi connectivity index (χ0) is 12.3. The van der Waals surface area contributed by atoms with E-state index in [0.29, 0.717) is 11.7 Å². The third-order valence-corrected chi connectivity index (χ3v) is 3.45. The third-order valence-electron chi connectivity index (χ3n) is 3.45. The second-order valence-corrected chi connectivity index (χ2v) is 4.83. The number of hydrogen-bond acceptors (Lipinski definition) is 2. The average Bonchev–Trinajstić information content (AvgIpc) is 2.82. The molecule has 1 aliphatic heterocycles. The van der Waals surface area contributed by atoms with E-state index in [0.717, 1.165) is 37.9 Å². The maximum atomic E-state index is 13.4. The molecule has 3 heteroatoms. The maximum Gasteiger partial charge on any atom is 0.126 e. The van der Waals surface area contributed by atoms with Crippen molar-refractivity contribution in [3.05, 3.63) is 35.1 Å². The Kier molecular flexibility index (Phi) is 4.13. The Bertz CT molecular complexity index is 374. The molecule has 2 atom stereocenters. The highest BCUT2D eigenvalue weighted by Crippen LogP contribution is 2.23. The fourth-order valence-electron chi connectivity index (χ4n) is 2.24. The van der Waals surface area contributed by atoms with Gasteiger partial charge >= 0.3 is 0 Å². The van der Waals surface area contributed by atoms with E-state index >= 15 is 0 Å². The van der Waals surface area contributed by atoms with Gasteiger partial charge in [-0.05, 0) is 49.8 Å². The number of nitrogens with two attached hydrogens (primary N) is 1. The van der Waals surface area contributed by atoms with Gasteiger partial charge in [-0.25, -0.2) is 4.39 Å². The van der Waals surface area contributed by atoms with Crippen LogP contribution in [-0.2, 0) is 4.74 Å². The van der Waals surface area contributed by atoms with E-state index in [1.807, 2.05) is 6.07 Å². The summed E-state index contributed by atoms with van der Waals surface area (Å²) in [6.45, 7) is 2.63. The minimum atomic E-state index is -0.171. The van der Waals surface area contributed by atoms with Crippen LogP contribution >= 0.6 is 0 Å². The summed E-state index contributed by atoms with van der Waals surface area (Å²) in [6, 6.07) is 5.17. The smallest absolute Gasteiger partial charge is 0.126 e. The number of benzene rings is 1. The second-order valence-electron chi connectivity index (χ2n) is 4.83. The lowest BCUT2D eigenvalue weighted by molar-refractivity contribution is 0.101. The first kappa shape index (κ1) is 12.5. The monoisotopic (exact) mass is 237 g/mol. The van der Waals surface area contributed by atoms with Crippen molar-refractivity contribution in [3.63, 3.8) is 0 Å². The van der Waals surface area contributed by atoms with Crippen molar-refractivity contribution in [1.29, 1.82) is 0 Å². The van der Waals surface area contributed by atoms with Crippen molar-refractivity contribution >= 4 is 0 Å². The summed E-state index contributed by atoms with van der Waals surface area (Å²) in [5.74, 6) is -0.171. The fraction of sp³-hybridized carbons (Fsp3) is 0.571. The molecule has 2 unspecified atom stereocenters. The molecule has 2 rings (SSSR count). The first-order valence-electron chi connectivity index (χ1n) is 6.30. The van der Waals surface area contributed by atoms with Gasteiger partial charge in [-0.3, -0.25) is 0 Å². The molecular formula is C14H20FNO. The summed E-state index contributed by atoms with van der Waals surface area (Å²) in [4.78, 5) is 0. The number of halogens is 1. The molecule has 0 radical (unpaired) electrons. The molecule has 0 bridgehead atoms. The Labute approximate surface area is 102 Å². The second kappa shape index (κ2) is 5.61. The van der Waals surface area contributed by atoms with Crippen LogP contribution in [0.15, 0.2) is 18.2 Å². The summed E-state index contributed by atoms with van der Waals surface area (Å²) in [7, 11) is 0. The zero-order valence-electron chi connectivity index (χ0n) is 10.3. The lowest BCUT2D eigenvalue weighted by atomic mass is 9.99. The quantitative estimate of drug-likeness (QED) is 0.873. The molecule has 17 heavy (non-hydrogen) atoms. The van der Waals surface area contributed by atoms with Crippen molar-refractivity contribution < 1.29 is 9.13 Å². The van der Waals surface area contributed by atoms with E-state index in [4.69, 9.17) is 10.5 Å². The van der Waals surface area contributed by atoms with Crippen LogP contribution in [0.2, 0.25) is 0 Å². The van der Waals surface area contributed by atoms with Crippen LogP contribution in [0.1, 0.15) is 42.9 Å². The van der Waals surface area contributed by atoms with Gasteiger partial charge in [-0.1, -0.05) is 12.1 Å². The third kappa shape index (κ3) is 3.27. The first-order valence-corrected chi connectivity index (χ1v) is 6.30. The minimum Gasteiger partial charge on any atom is -0.378 e. The summed E-state index contributed by atoms with van der Waals surface area (Å²) in [5, 5.41) is 0. The van der Waals surface area contributed by atoms with Crippen LogP contribution in [0, 0.1) is 12.7 Å². The fourth-order valence-corrected chi connectivity index (χ4v) is 2.24. The van der Waals surface area contributed by atoms with Crippen molar-refractivity contribution in [2.75, 3.05) is 6.61 Å². The van der Waals surface area contributed by atoms with Crippen molar-refractivity contribution in [3.8, 4) is 0 Å². The minimum absolute atomic E-state index is 0.0886. The normalized spacial score (nSPS) is 21.7. The lowest BCUT2D eigenvalue weighted by Crippen LogP contribution is -2.14. The highest BCUT2D eigenvalue weighted by molar-refractivity contribution is 5.25. The van der Waals surface area contributed by atoms with Gasteiger partial charge in [0.15, 0.2) is 0 Å². The highest BCUT2D eigenvalue weighted by Gasteiger charge is 2.17. The van der Waals surface area contributed by atoms with E-state index in [9.17, 15) is 4.39 Å². The van der Waals surface area contributed by atoms with Gasteiger partial charge in [-0.15, -0.1) is 0 Å². The van der Waals surface area contributed by atoms with Gasteiger partial charge < -0.3 is 10.5 Å². The molecule has 1 fully saturated rings. The van der Waals surface area contributed by atoms with Gasteiger partial charge in [-0.2, -0.15) is 0 Å². The molecule has 1 aromatic rings. The Morgan fingerprint density at radius 3 is 3.00 bits per heavy atom. The number of hydrogen-bond donors (Lipinski definition) is 1. The van der Waals surface area contributed by atoms with Gasteiger partial charge in [0.1, 0.15) is 5.82 Å². The van der Waals surface area contributed by atoms with Gasteiger partial charge in [0.25, 0.3) is 0 Å². The maximum absolute atomic E-state index is 13.4. The van der Waals surface area contributed by atoms with Crippen LogP contribution in [0.5, 0.6) is 0 Å². The molecule has 1 aromatic carbocycles. The van der Waals surface area contributed by atoms with E-state index in [2.05, 4.69) is 0 Å². The van der Waals surface area contributed by atoms with E-state index in [1.54, 1.807) is 19.1 Å². The Hall–Kier alpha value is -0.930. The van der Waals surface area contributed by atoms with Crippen molar-refractivity contribution in [1.82, 2.24) is 0 Å². The largest absolute Gasteiger partial charge is 0.378 e. The van der Waals surface area contributed by atoms with E-state index in [-0.39, 0.29) is 11.9 Å². The van der Waals surface area contributed by atoms with Crippen LogP contribution in [0.4, 0.5) is 4.39 Å². The topological polar surface area (TPSA) is 35.2 Å². The summed E-state index contributed by atoms with van der Waals surface area (Å²) >= 11 is 0. The molecular weight excluding hydrogens is 217 g/mol. The van der Waals surface area contributed by atoms with Crippen molar-refractivity contribution in [2.24, 2.45) is 5.73 Å². The molecule has 0 spiro atoms. The predicted molar refractivity (Wildman–Crippen MR) is 66.3 cm³/mol. The van der Waals surface area contributed by atoms with Crippen molar-refractivity contribution in [2.45, 2.75) is 44.8 Å². The first-order chi connectivity index (χ1) is 8.16. The highest BCUT2D eigenvalue weighted by atomic mass is 19.1. The van der Waals surface area contributed by atoms with Gasteiger partial charge in [0, 0.05) is 12.6 Å². The number of ether oxygens (including phenoxy) is 1. The summed E-state index contributed by atoms with van der Waals surface area (Å²) in [5.41, 5.74) is 7.62. The molecule has 0 aliphatic carbocycles. The van der Waals surface area contributed by atoms with Crippen LogP contribution in [-0.4, -0.2) is 12.7 Å². The molecule has 1 heterocycles. The van der Waals surface area contributed by atoms with Crippen LogP contribution in [0.25, 0.3) is 0 Å². The average molecular weight is 237 g/mol. The van der Waals surface area contributed by atoms with E-state index in [1.165, 1.54) is 0 Å². The van der Waals surface area contributed by atoms with Crippen LogP contribution in [0.3, 0.4) is 0 Å². The Balaban J connectivity index is 1.89. The molecule has 0 amide bonds. The molecule has 1 saturated heterocycles. The predicted octanol–water partition coefficient (Wildman–Crippen LogP) is 3.09. The van der Waals surface area contributed by atoms with Crippen LogP contribution < -0.4 is 5.73 Å². The number of rotatable bonds is 4. The van der Waals surface area contributed by atoms with E-state index < -0.39 is 0 Å². The van der Waals surface area contributed by atoms with Gasteiger partial charge in [0.2, 0.25) is 0 Å². The van der Waals surface area contributed by atoms with Gasteiger partial charge in [0.05, 0.1) is 6.10 Å². The standard InChI is InChI=1S/C14H20FNO/c1-10-4-5-11(9-13(10)15)14(16)7-6-12-3-2-8-17-12/h4-5,9,12,14H,2-3,6-8,16H2,1H3. The Morgan fingerprint density at radius 1 is 1.53 bits per heavy atom. The molecule has 1 aliphatic rings. The SMILES string of the molecule is Cc1ccc(C(N)CCC2CCCO2)cc1F. The molecule has 2 N–H and O–H groups in total. The molecule has 0 aromatic heterocycles. The Morgan fingerprint density at radius 2 is 2.35 bits per heavy atom. The lowest BCUT2D eigenvalue weighted by Gasteiger charge is -2.15. The number of aryl methyl sites for hydroxylation is 1. The molecule has 0 saturated carbocycles. The summed E-state index contributed by atoms with van der Waals surface area (Å²) in [6.07, 6.45) is 4.47. The zero-order valence-corrected chi connectivity index (χ0v) is 10.3. The molecule has 2 nitrogen and oxygen atoms in total. The molecule has 94 valence electrons. The summed E-state index contributed by atoms with van der Waals surface area (Å²) < 4.78 is 19.0.